The molecule has 7 nitrogen and oxygen atoms in total. The van der Waals surface area contributed by atoms with Crippen molar-refractivity contribution in [1.29, 1.82) is 0 Å². The van der Waals surface area contributed by atoms with Gasteiger partial charge in [-0.3, -0.25) is 9.78 Å². The number of anilines is 1. The van der Waals surface area contributed by atoms with Gasteiger partial charge in [-0.05, 0) is 18.9 Å². The topological polar surface area (TPSA) is 84.4 Å². The summed E-state index contributed by atoms with van der Waals surface area (Å²) in [6.45, 7) is 8.19. The van der Waals surface area contributed by atoms with E-state index in [2.05, 4.69) is 21.9 Å². The van der Waals surface area contributed by atoms with Crippen LogP contribution in [-0.2, 0) is 9.53 Å². The van der Waals surface area contributed by atoms with E-state index in [1.807, 2.05) is 6.92 Å². The van der Waals surface area contributed by atoms with Gasteiger partial charge in [0.05, 0.1) is 24.6 Å². The Kier molecular flexibility index (Phi) is 5.46. The van der Waals surface area contributed by atoms with Crippen molar-refractivity contribution in [3.8, 4) is 0 Å². The van der Waals surface area contributed by atoms with Crippen LogP contribution in [0.2, 0.25) is 0 Å². The molecule has 0 aliphatic carbocycles. The molecule has 0 bridgehead atoms. The molecule has 1 aliphatic rings. The van der Waals surface area contributed by atoms with Crippen LogP contribution in [0.5, 0.6) is 0 Å². The van der Waals surface area contributed by atoms with Crippen molar-refractivity contribution >= 4 is 23.4 Å². The van der Waals surface area contributed by atoms with Crippen LogP contribution in [0.15, 0.2) is 30.6 Å². The molecule has 2 rings (SSSR count). The smallest absolute Gasteiger partial charge is 0.410 e. The fourth-order valence-corrected chi connectivity index (χ4v) is 2.26. The molecule has 7 heteroatoms. The summed E-state index contributed by atoms with van der Waals surface area (Å²) < 4.78 is 5.08. The second-order valence-corrected chi connectivity index (χ2v) is 5.26. The van der Waals surface area contributed by atoms with Crippen molar-refractivity contribution in [2.24, 2.45) is 0 Å². The minimum atomic E-state index is -0.363. The number of rotatable bonds is 4. The summed E-state index contributed by atoms with van der Waals surface area (Å²) in [6, 6.07) is 0. The van der Waals surface area contributed by atoms with Crippen molar-refractivity contribution in [1.82, 2.24) is 14.9 Å². The summed E-state index contributed by atoms with van der Waals surface area (Å²) in [7, 11) is 0. The Balaban J connectivity index is 2.12. The predicted molar refractivity (Wildman–Crippen MR) is 86.7 cm³/mol. The molecule has 1 aromatic heterocycles. The second kappa shape index (κ2) is 7.53. The lowest BCUT2D eigenvalue weighted by atomic mass is 9.99. The fourth-order valence-electron chi connectivity index (χ4n) is 2.26. The van der Waals surface area contributed by atoms with Crippen LogP contribution >= 0.6 is 0 Å². The third-order valence-corrected chi connectivity index (χ3v) is 3.47. The Morgan fingerprint density at radius 1 is 1.43 bits per heavy atom. The fraction of sp³-hybridized carbons (Fsp3) is 0.375. The molecular weight excluding hydrogens is 296 g/mol. The molecule has 0 saturated carbocycles. The number of nitrogens with zero attached hydrogens (tertiary/aromatic N) is 3. The molecule has 1 aliphatic heterocycles. The van der Waals surface area contributed by atoms with Gasteiger partial charge in [0.1, 0.15) is 6.61 Å². The van der Waals surface area contributed by atoms with Gasteiger partial charge in [-0.15, -0.1) is 0 Å². The van der Waals surface area contributed by atoms with E-state index in [9.17, 15) is 9.59 Å². The molecular formula is C16H20N4O3. The molecule has 1 aromatic rings. The quantitative estimate of drug-likeness (QED) is 0.861. The van der Waals surface area contributed by atoms with Crippen LogP contribution in [0.3, 0.4) is 0 Å². The second-order valence-electron chi connectivity index (χ2n) is 5.26. The van der Waals surface area contributed by atoms with Crippen molar-refractivity contribution in [2.45, 2.75) is 20.3 Å². The molecule has 1 N–H and O–H groups in total. The highest BCUT2D eigenvalue weighted by atomic mass is 16.6. The van der Waals surface area contributed by atoms with E-state index < -0.39 is 0 Å². The number of carbonyl (C=O) groups excluding carboxylic acids is 2. The summed E-state index contributed by atoms with van der Waals surface area (Å²) in [5.41, 5.74) is 2.81. The van der Waals surface area contributed by atoms with Crippen LogP contribution in [0, 0.1) is 0 Å². The van der Waals surface area contributed by atoms with Gasteiger partial charge < -0.3 is 15.0 Å². The zero-order chi connectivity index (χ0) is 16.8. The summed E-state index contributed by atoms with van der Waals surface area (Å²) >= 11 is 0. The molecule has 0 radical (unpaired) electrons. The van der Waals surface area contributed by atoms with E-state index in [4.69, 9.17) is 4.74 Å². The summed E-state index contributed by atoms with van der Waals surface area (Å²) in [5, 5.41) is 2.57. The molecule has 122 valence electrons. The number of hydrogen-bond acceptors (Lipinski definition) is 5. The maximum atomic E-state index is 12.0. The Labute approximate surface area is 135 Å². The number of ether oxygens (including phenoxy) is 1. The monoisotopic (exact) mass is 316 g/mol. The molecule has 0 spiro atoms. The van der Waals surface area contributed by atoms with Gasteiger partial charge in [-0.25, -0.2) is 9.78 Å². The van der Waals surface area contributed by atoms with Crippen molar-refractivity contribution in [3.63, 3.8) is 0 Å². The summed E-state index contributed by atoms with van der Waals surface area (Å²) in [4.78, 5) is 33.1. The van der Waals surface area contributed by atoms with Crippen molar-refractivity contribution in [2.75, 3.05) is 25.0 Å². The molecule has 0 fully saturated rings. The van der Waals surface area contributed by atoms with Gasteiger partial charge in [-0.1, -0.05) is 18.2 Å². The first-order chi connectivity index (χ1) is 11.0. The van der Waals surface area contributed by atoms with Crippen molar-refractivity contribution < 1.29 is 14.3 Å². The normalized spacial score (nSPS) is 14.4. The third kappa shape index (κ3) is 4.38. The zero-order valence-corrected chi connectivity index (χ0v) is 13.3. The molecule has 2 amide bonds. The minimum Gasteiger partial charge on any atom is -0.445 e. The molecule has 0 atom stereocenters. The van der Waals surface area contributed by atoms with E-state index in [1.165, 1.54) is 24.8 Å². The summed E-state index contributed by atoms with van der Waals surface area (Å²) in [6.07, 6.45) is 5.04. The van der Waals surface area contributed by atoms with E-state index in [1.54, 1.807) is 11.1 Å². The Hall–Kier alpha value is -2.70. The largest absolute Gasteiger partial charge is 0.445 e. The zero-order valence-electron chi connectivity index (χ0n) is 13.3. The number of aromatic nitrogens is 2. The van der Waals surface area contributed by atoms with Gasteiger partial charge in [0.2, 0.25) is 5.91 Å². The highest BCUT2D eigenvalue weighted by Crippen LogP contribution is 2.25. The van der Waals surface area contributed by atoms with E-state index in [-0.39, 0.29) is 18.6 Å². The molecule has 0 aromatic carbocycles. The highest BCUT2D eigenvalue weighted by Gasteiger charge is 2.23. The minimum absolute atomic E-state index is 0.193. The van der Waals surface area contributed by atoms with Crippen LogP contribution in [0.1, 0.15) is 26.0 Å². The first-order valence-corrected chi connectivity index (χ1v) is 7.32. The lowest BCUT2D eigenvalue weighted by Crippen LogP contribution is -2.37. The van der Waals surface area contributed by atoms with Gasteiger partial charge >= 0.3 is 6.09 Å². The first kappa shape index (κ1) is 16.7. The van der Waals surface area contributed by atoms with Crippen molar-refractivity contribution in [3.05, 3.63) is 36.3 Å². The summed E-state index contributed by atoms with van der Waals surface area (Å²) in [5.74, 6) is 0.203. The van der Waals surface area contributed by atoms with E-state index in [0.717, 1.165) is 12.0 Å². The Bertz CT molecular complexity index is 637. The number of amides is 2. The standard InChI is InChI=1S/C16H20N4O3/c1-4-7-23-16(22)20-6-5-11(2)13(10-20)14-8-18-15(9-17-14)19-12(3)21/h4,8-9H,1,5-7,10H2,2-3H3,(H,18,19,21). The Morgan fingerprint density at radius 2 is 2.22 bits per heavy atom. The van der Waals surface area contributed by atoms with Crippen LogP contribution in [0.4, 0.5) is 10.6 Å². The third-order valence-electron chi connectivity index (χ3n) is 3.47. The van der Waals surface area contributed by atoms with Crippen LogP contribution in [0.25, 0.3) is 5.57 Å². The average Bonchev–Trinajstić information content (AvgIpc) is 2.53. The maximum absolute atomic E-state index is 12.0. The number of carbonyl (C=O) groups is 2. The molecule has 0 saturated heterocycles. The maximum Gasteiger partial charge on any atom is 0.410 e. The SMILES string of the molecule is C=CCOC(=O)N1CCC(C)=C(c2cnc(NC(C)=O)cn2)C1. The lowest BCUT2D eigenvalue weighted by molar-refractivity contribution is -0.114. The van der Waals surface area contributed by atoms with E-state index in [0.29, 0.717) is 24.6 Å². The van der Waals surface area contributed by atoms with Gasteiger partial charge in [0.25, 0.3) is 0 Å². The molecule has 23 heavy (non-hydrogen) atoms. The van der Waals surface area contributed by atoms with Gasteiger partial charge in [0, 0.05) is 13.5 Å². The molecule has 0 unspecified atom stereocenters. The predicted octanol–water partition coefficient (Wildman–Crippen LogP) is 2.24. The van der Waals surface area contributed by atoms with Gasteiger partial charge in [0.15, 0.2) is 5.82 Å². The Morgan fingerprint density at radius 3 is 2.83 bits per heavy atom. The number of hydrogen-bond donors (Lipinski definition) is 1. The van der Waals surface area contributed by atoms with Crippen LogP contribution in [-0.4, -0.2) is 46.6 Å². The number of nitrogens with one attached hydrogen (secondary N) is 1. The first-order valence-electron chi connectivity index (χ1n) is 7.32. The van der Waals surface area contributed by atoms with Gasteiger partial charge in [-0.2, -0.15) is 0 Å². The van der Waals surface area contributed by atoms with Crippen LogP contribution < -0.4 is 5.32 Å². The van der Waals surface area contributed by atoms with E-state index >= 15 is 0 Å². The molecule has 2 heterocycles. The lowest BCUT2D eigenvalue weighted by Gasteiger charge is -2.28. The average molecular weight is 316 g/mol. The highest BCUT2D eigenvalue weighted by molar-refractivity contribution is 5.87.